The number of nitrogens with one attached hydrogen (secondary N) is 2. The molecule has 0 spiro atoms. The van der Waals surface area contributed by atoms with Crippen molar-refractivity contribution in [3.05, 3.63) is 95.6 Å². The number of aryl methyl sites for hydroxylation is 2. The molecular weight excluding hydrogens is 869 g/mol. The molecule has 348 valence electrons. The van der Waals surface area contributed by atoms with Crippen LogP contribution in [0, 0.1) is 0 Å². The molecule has 23 nitrogen and oxygen atoms in total. The van der Waals surface area contributed by atoms with Gasteiger partial charge in [0.2, 0.25) is 29.6 Å². The van der Waals surface area contributed by atoms with Crippen LogP contribution in [0.3, 0.4) is 0 Å². The van der Waals surface area contributed by atoms with Gasteiger partial charge < -0.3 is 35.0 Å². The second-order valence-electron chi connectivity index (χ2n) is 15.1. The lowest BCUT2D eigenvalue weighted by molar-refractivity contribution is -0.138. The second kappa shape index (κ2) is 20.0. The minimum atomic E-state index is -0.748. The highest BCUT2D eigenvalue weighted by Crippen LogP contribution is 2.33. The molecule has 6 aromatic rings. The first-order valence-corrected chi connectivity index (χ1v) is 21.2. The van der Waals surface area contributed by atoms with Crippen molar-refractivity contribution in [2.45, 2.75) is 52.9 Å². The largest absolute Gasteiger partial charge is 0.494 e. The molecule has 67 heavy (non-hydrogen) atoms. The van der Waals surface area contributed by atoms with Crippen molar-refractivity contribution >= 4 is 75.3 Å². The number of nitrogens with zero attached hydrogens (tertiary/aromatic N) is 10. The van der Waals surface area contributed by atoms with Gasteiger partial charge in [-0.3, -0.25) is 58.5 Å². The van der Waals surface area contributed by atoms with Crippen LogP contribution in [-0.4, -0.2) is 124 Å². The average molecular weight is 917 g/mol. The third kappa shape index (κ3) is 9.89. The van der Waals surface area contributed by atoms with E-state index in [2.05, 4.69) is 25.8 Å². The summed E-state index contributed by atoms with van der Waals surface area (Å²) in [7, 11) is 3.03. The Bertz CT molecular complexity index is 2970. The quantitative estimate of drug-likeness (QED) is 0.0459. The molecule has 23 heteroatoms. The number of fused-ring (bicyclic) bond motifs is 2. The van der Waals surface area contributed by atoms with E-state index >= 15 is 0 Å². The number of nitrogens with two attached hydrogens (primary N) is 2. The number of benzene rings is 2. The summed E-state index contributed by atoms with van der Waals surface area (Å²) in [5, 5.41) is 14.1. The number of methoxy groups -OCH3 is 1. The summed E-state index contributed by atoms with van der Waals surface area (Å²) in [6.45, 7) is 5.03. The molecule has 2 aromatic carbocycles. The van der Waals surface area contributed by atoms with E-state index in [9.17, 15) is 33.6 Å². The Morgan fingerprint density at radius 2 is 1.24 bits per heavy atom. The summed E-state index contributed by atoms with van der Waals surface area (Å²) in [6.07, 6.45) is 9.20. The molecule has 0 atom stereocenters. The summed E-state index contributed by atoms with van der Waals surface area (Å²) >= 11 is 0. The summed E-state index contributed by atoms with van der Waals surface area (Å²) in [5.74, 6) is -2.91. The van der Waals surface area contributed by atoms with Crippen LogP contribution in [-0.2, 0) is 40.6 Å². The topological polar surface area (TPSA) is 292 Å². The number of imidazole rings is 2. The number of amides is 7. The van der Waals surface area contributed by atoms with Crippen LogP contribution in [0.15, 0.2) is 73.1 Å². The fourth-order valence-corrected chi connectivity index (χ4v) is 7.46. The highest BCUT2D eigenvalue weighted by molar-refractivity contribution is 6.13. The van der Waals surface area contributed by atoms with Crippen molar-refractivity contribution in [3.63, 3.8) is 0 Å². The van der Waals surface area contributed by atoms with E-state index in [0.29, 0.717) is 41.8 Å². The van der Waals surface area contributed by atoms with Crippen molar-refractivity contribution in [2.24, 2.45) is 11.5 Å². The SMILES string of the molecule is CCn1nccc1C(=O)Nc1nc2cc(C(N)=O)cc(OC)c2n1C/C=C/Cn1c(NC(=O)c2ccnn2CC)nc2cc(C(N)=O)cc(OCCCN(C)C(=O)CCN3C(=O)C=CC3=O)c21. The van der Waals surface area contributed by atoms with Crippen LogP contribution in [0.5, 0.6) is 11.5 Å². The molecule has 0 unspecified atom stereocenters. The van der Waals surface area contributed by atoms with Gasteiger partial charge in [-0.15, -0.1) is 0 Å². The lowest BCUT2D eigenvalue weighted by atomic mass is 10.1. The molecule has 0 saturated heterocycles. The number of hydrogen-bond acceptors (Lipinski definition) is 13. The van der Waals surface area contributed by atoms with E-state index in [4.69, 9.17) is 25.9 Å². The lowest BCUT2D eigenvalue weighted by Gasteiger charge is -2.19. The lowest BCUT2D eigenvalue weighted by Crippen LogP contribution is -2.36. The summed E-state index contributed by atoms with van der Waals surface area (Å²) in [4.78, 5) is 101. The highest BCUT2D eigenvalue weighted by Gasteiger charge is 2.26. The monoisotopic (exact) mass is 916 g/mol. The summed E-state index contributed by atoms with van der Waals surface area (Å²) in [6, 6.07) is 9.09. The number of imide groups is 1. The van der Waals surface area contributed by atoms with E-state index in [0.717, 1.165) is 17.1 Å². The first kappa shape index (κ1) is 46.4. The van der Waals surface area contributed by atoms with Crippen LogP contribution < -0.4 is 31.6 Å². The molecule has 6 N–H and O–H groups in total. The van der Waals surface area contributed by atoms with Crippen LogP contribution >= 0.6 is 0 Å². The number of carbonyl (C=O) groups is 7. The molecule has 0 bridgehead atoms. The van der Waals surface area contributed by atoms with Crippen molar-refractivity contribution in [3.8, 4) is 11.5 Å². The van der Waals surface area contributed by atoms with E-state index in [1.165, 1.54) is 58.0 Å². The fraction of sp³-hybridized carbons (Fsp3) is 0.295. The molecule has 4 aromatic heterocycles. The zero-order chi connectivity index (χ0) is 47.9. The Hall–Kier alpha value is -8.63. The van der Waals surface area contributed by atoms with Crippen LogP contribution in [0.4, 0.5) is 11.9 Å². The number of rotatable bonds is 21. The van der Waals surface area contributed by atoms with Gasteiger partial charge in [0.25, 0.3) is 23.6 Å². The van der Waals surface area contributed by atoms with Gasteiger partial charge in [-0.1, -0.05) is 12.2 Å². The molecular formula is C44H48N14O9. The van der Waals surface area contributed by atoms with Crippen LogP contribution in [0.25, 0.3) is 22.1 Å². The Kier molecular flexibility index (Phi) is 13.9. The standard InChI is InChI=1S/C44H48N14O9/c1-5-57-30(12-15-47-57)41(64)51-43-49-28-22-26(39(45)62)24-32(66-4)37(28)55(43)18-7-8-19-56-38-29(50-44(56)52-42(65)31-13-16-48-58(31)6-2)23-27(40(46)63)25-33(38)67-21-9-17-53(3)34(59)14-20-54-35(60)10-11-36(54)61/h7-8,10-13,15-16,22-25H,5-6,9,14,17-21H2,1-4H3,(H2,45,62)(H2,46,63)(H,49,51,64)(H,50,52,65)/b8-7+. The maximum atomic E-state index is 13.7. The number of allylic oxidation sites excluding steroid dienone is 2. The van der Waals surface area contributed by atoms with Crippen molar-refractivity contribution in [1.29, 1.82) is 0 Å². The maximum Gasteiger partial charge on any atom is 0.276 e. The van der Waals surface area contributed by atoms with E-state index < -0.39 is 35.4 Å². The van der Waals surface area contributed by atoms with Crippen molar-refractivity contribution < 1.29 is 43.0 Å². The smallest absolute Gasteiger partial charge is 0.276 e. The highest BCUT2D eigenvalue weighted by atomic mass is 16.5. The molecule has 0 saturated carbocycles. The minimum Gasteiger partial charge on any atom is -0.494 e. The molecule has 0 fully saturated rings. The summed E-state index contributed by atoms with van der Waals surface area (Å²) < 4.78 is 18.4. The minimum absolute atomic E-state index is 0.0465. The van der Waals surface area contributed by atoms with Gasteiger partial charge in [0.15, 0.2) is 0 Å². The van der Waals surface area contributed by atoms with Crippen LogP contribution in [0.1, 0.15) is 68.4 Å². The van der Waals surface area contributed by atoms with Crippen molar-refractivity contribution in [1.82, 2.24) is 48.5 Å². The van der Waals surface area contributed by atoms with Gasteiger partial charge in [0, 0.05) is 88.4 Å². The molecule has 1 aliphatic heterocycles. The van der Waals surface area contributed by atoms with Gasteiger partial charge in [-0.2, -0.15) is 10.2 Å². The van der Waals surface area contributed by atoms with E-state index in [-0.39, 0.29) is 90.8 Å². The normalized spacial score (nSPS) is 12.4. The number of anilines is 2. The maximum absolute atomic E-state index is 13.7. The molecule has 7 amide bonds. The van der Waals surface area contributed by atoms with Gasteiger partial charge in [0.1, 0.15) is 33.9 Å². The zero-order valence-corrected chi connectivity index (χ0v) is 37.1. The molecule has 0 aliphatic carbocycles. The Morgan fingerprint density at radius 1 is 0.746 bits per heavy atom. The number of hydrogen-bond donors (Lipinski definition) is 4. The molecule has 5 heterocycles. The molecule has 0 radical (unpaired) electrons. The molecule has 7 rings (SSSR count). The van der Waals surface area contributed by atoms with Gasteiger partial charge >= 0.3 is 0 Å². The Balaban J connectivity index is 1.19. The van der Waals surface area contributed by atoms with E-state index in [1.807, 2.05) is 13.8 Å². The van der Waals surface area contributed by atoms with Gasteiger partial charge in [-0.05, 0) is 56.7 Å². The zero-order valence-electron chi connectivity index (χ0n) is 37.1. The van der Waals surface area contributed by atoms with Gasteiger partial charge in [-0.25, -0.2) is 9.97 Å². The second-order valence-corrected chi connectivity index (χ2v) is 15.1. The third-order valence-electron chi connectivity index (χ3n) is 10.9. The van der Waals surface area contributed by atoms with Crippen molar-refractivity contribution in [2.75, 3.05) is 44.5 Å². The predicted molar refractivity (Wildman–Crippen MR) is 242 cm³/mol. The van der Waals surface area contributed by atoms with Gasteiger partial charge in [0.05, 0.1) is 24.8 Å². The first-order chi connectivity index (χ1) is 32.2. The predicted octanol–water partition coefficient (Wildman–Crippen LogP) is 2.33. The Labute approximate surface area is 381 Å². The fourth-order valence-electron chi connectivity index (χ4n) is 7.46. The van der Waals surface area contributed by atoms with Crippen LogP contribution in [0.2, 0.25) is 0 Å². The number of aromatic nitrogens is 8. The number of ether oxygens (including phenoxy) is 2. The number of primary amides is 2. The number of carbonyl (C=O) groups excluding carboxylic acids is 7. The molecule has 1 aliphatic rings. The average Bonchev–Trinajstić information content (AvgIpc) is 4.16. The third-order valence-corrected chi connectivity index (χ3v) is 10.9. The first-order valence-electron chi connectivity index (χ1n) is 21.2. The van der Waals surface area contributed by atoms with E-state index in [1.54, 1.807) is 40.5 Å². The Morgan fingerprint density at radius 3 is 1.72 bits per heavy atom. The summed E-state index contributed by atoms with van der Waals surface area (Å²) in [5.41, 5.74) is 13.6.